The number of ether oxygens (including phenoxy) is 2. The number of aromatic nitrogens is 4. The van der Waals surface area contributed by atoms with Crippen molar-refractivity contribution in [1.82, 2.24) is 19.6 Å². The van der Waals surface area contributed by atoms with Gasteiger partial charge in [0.15, 0.2) is 11.5 Å². The second-order valence-electron chi connectivity index (χ2n) is 6.03. The van der Waals surface area contributed by atoms with E-state index < -0.39 is 0 Å². The summed E-state index contributed by atoms with van der Waals surface area (Å²) >= 11 is 0. The number of nitrogens with one attached hydrogen (secondary N) is 1. The first kappa shape index (κ1) is 14.7. The van der Waals surface area contributed by atoms with Gasteiger partial charge < -0.3 is 14.5 Å². The van der Waals surface area contributed by atoms with Crippen LogP contribution in [0.15, 0.2) is 53.5 Å². The van der Waals surface area contributed by atoms with Crippen LogP contribution in [0, 0.1) is 6.92 Å². The molecule has 0 saturated carbocycles. The number of pyridine rings is 1. The average Bonchev–Trinajstić information content (AvgIpc) is 3.25. The van der Waals surface area contributed by atoms with Gasteiger partial charge >= 0.3 is 0 Å². The normalized spacial score (nSPS) is 12.7. The first-order chi connectivity index (χ1) is 12.7. The molecule has 4 aromatic rings. The molecule has 128 valence electrons. The number of benzene rings is 1. The van der Waals surface area contributed by atoms with Crippen LogP contribution in [0.2, 0.25) is 0 Å². The molecule has 0 radical (unpaired) electrons. The van der Waals surface area contributed by atoms with Crippen molar-refractivity contribution in [3.8, 4) is 34.0 Å². The number of nitrogens with zero attached hydrogens (tertiary/aromatic N) is 3. The number of fused-ring (bicyclic) bond motifs is 2. The maximum absolute atomic E-state index is 12.6. The lowest BCUT2D eigenvalue weighted by Crippen LogP contribution is -2.14. The van der Waals surface area contributed by atoms with E-state index in [4.69, 9.17) is 9.47 Å². The highest BCUT2D eigenvalue weighted by molar-refractivity contribution is 5.79. The summed E-state index contributed by atoms with van der Waals surface area (Å²) in [5, 5.41) is 4.37. The summed E-state index contributed by atoms with van der Waals surface area (Å²) in [6.07, 6.45) is 1.72. The number of aryl methyl sites for hydroxylation is 1. The van der Waals surface area contributed by atoms with Gasteiger partial charge in [-0.25, -0.2) is 0 Å². The Balaban J connectivity index is 1.75. The zero-order valence-electron chi connectivity index (χ0n) is 13.9. The minimum Gasteiger partial charge on any atom is -0.454 e. The Morgan fingerprint density at radius 2 is 2.00 bits per heavy atom. The van der Waals surface area contributed by atoms with Crippen LogP contribution in [0.1, 0.15) is 5.69 Å². The molecule has 7 nitrogen and oxygen atoms in total. The highest BCUT2D eigenvalue weighted by atomic mass is 16.7. The summed E-state index contributed by atoms with van der Waals surface area (Å²) in [6.45, 7) is 2.07. The quantitative estimate of drug-likeness (QED) is 0.603. The van der Waals surface area contributed by atoms with E-state index in [2.05, 4.69) is 15.1 Å². The van der Waals surface area contributed by atoms with Crippen molar-refractivity contribution >= 4 is 5.65 Å². The lowest BCUT2D eigenvalue weighted by molar-refractivity contribution is 0.174. The Morgan fingerprint density at radius 1 is 1.12 bits per heavy atom. The number of hydrogen-bond donors (Lipinski definition) is 1. The van der Waals surface area contributed by atoms with Gasteiger partial charge in [-0.2, -0.15) is 9.61 Å². The van der Waals surface area contributed by atoms with Gasteiger partial charge in [0.05, 0.1) is 22.6 Å². The first-order valence-electron chi connectivity index (χ1n) is 8.15. The van der Waals surface area contributed by atoms with E-state index in [1.54, 1.807) is 6.20 Å². The van der Waals surface area contributed by atoms with Crippen molar-refractivity contribution in [1.29, 1.82) is 0 Å². The van der Waals surface area contributed by atoms with Crippen molar-refractivity contribution in [2.75, 3.05) is 6.79 Å². The molecule has 7 heteroatoms. The van der Waals surface area contributed by atoms with Crippen LogP contribution in [0.4, 0.5) is 0 Å². The Kier molecular flexibility index (Phi) is 3.08. The van der Waals surface area contributed by atoms with Crippen LogP contribution >= 0.6 is 0 Å². The van der Waals surface area contributed by atoms with Crippen molar-refractivity contribution < 1.29 is 9.47 Å². The molecule has 1 N–H and O–H groups in total. The van der Waals surface area contributed by atoms with Gasteiger partial charge in [-0.1, -0.05) is 6.07 Å². The number of hydrogen-bond acceptors (Lipinski definition) is 5. The zero-order chi connectivity index (χ0) is 17.7. The highest BCUT2D eigenvalue weighted by Gasteiger charge is 2.18. The van der Waals surface area contributed by atoms with Gasteiger partial charge in [-0.15, -0.1) is 0 Å². The third-order valence-corrected chi connectivity index (χ3v) is 4.39. The fourth-order valence-electron chi connectivity index (χ4n) is 3.19. The molecule has 26 heavy (non-hydrogen) atoms. The first-order valence-corrected chi connectivity index (χ1v) is 8.15. The molecule has 5 rings (SSSR count). The summed E-state index contributed by atoms with van der Waals surface area (Å²) in [4.78, 5) is 20.3. The lowest BCUT2D eigenvalue weighted by atomic mass is 10.1. The van der Waals surface area contributed by atoms with Crippen molar-refractivity contribution in [3.05, 3.63) is 64.7 Å². The Morgan fingerprint density at radius 3 is 2.85 bits per heavy atom. The Hall–Kier alpha value is -3.61. The molecule has 1 aliphatic heterocycles. The summed E-state index contributed by atoms with van der Waals surface area (Å²) in [5.41, 5.74) is 4.22. The predicted molar refractivity (Wildman–Crippen MR) is 95.3 cm³/mol. The van der Waals surface area contributed by atoms with Crippen LogP contribution in [0.5, 0.6) is 11.5 Å². The molecule has 0 amide bonds. The van der Waals surface area contributed by atoms with Gasteiger partial charge in [-0.3, -0.25) is 9.78 Å². The smallest absolute Gasteiger partial charge is 0.274 e. The Bertz CT molecular complexity index is 1190. The molecule has 0 aliphatic carbocycles. The van der Waals surface area contributed by atoms with Gasteiger partial charge in [0.1, 0.15) is 5.65 Å². The molecule has 0 fully saturated rings. The molecular formula is C19H14N4O3. The second kappa shape index (κ2) is 5.45. The molecule has 0 bridgehead atoms. The zero-order valence-corrected chi connectivity index (χ0v) is 13.9. The van der Waals surface area contributed by atoms with Crippen molar-refractivity contribution in [3.63, 3.8) is 0 Å². The fourth-order valence-corrected chi connectivity index (χ4v) is 3.19. The van der Waals surface area contributed by atoms with E-state index in [0.717, 1.165) is 22.5 Å². The van der Waals surface area contributed by atoms with E-state index in [1.165, 1.54) is 10.6 Å². The summed E-state index contributed by atoms with van der Waals surface area (Å²) < 4.78 is 12.2. The molecule has 3 aromatic heterocycles. The molecule has 0 unspecified atom stereocenters. The summed E-state index contributed by atoms with van der Waals surface area (Å²) in [7, 11) is 0. The second-order valence-corrected chi connectivity index (χ2v) is 6.03. The standard InChI is InChI=1S/C19H14N4O3/c1-11-18(13-4-2-3-7-20-13)19-21-14(9-17(24)23(19)22-11)12-5-6-15-16(8-12)26-10-25-15/h2-9,21H,10H2,1H3. The monoisotopic (exact) mass is 346 g/mol. The van der Waals surface area contributed by atoms with E-state index in [9.17, 15) is 4.79 Å². The van der Waals surface area contributed by atoms with Crippen LogP contribution in [-0.2, 0) is 0 Å². The van der Waals surface area contributed by atoms with Crippen LogP contribution in [0.25, 0.3) is 28.2 Å². The molecular weight excluding hydrogens is 332 g/mol. The minimum atomic E-state index is -0.211. The molecule has 0 spiro atoms. The largest absolute Gasteiger partial charge is 0.454 e. The van der Waals surface area contributed by atoms with E-state index in [-0.39, 0.29) is 12.4 Å². The molecule has 4 heterocycles. The third-order valence-electron chi connectivity index (χ3n) is 4.39. The highest BCUT2D eigenvalue weighted by Crippen LogP contribution is 2.35. The van der Waals surface area contributed by atoms with Crippen LogP contribution in [-0.4, -0.2) is 26.4 Å². The average molecular weight is 346 g/mol. The fraction of sp³-hybridized carbons (Fsp3) is 0.105. The van der Waals surface area contributed by atoms with Gasteiger partial charge in [-0.05, 0) is 37.3 Å². The van der Waals surface area contributed by atoms with E-state index in [0.29, 0.717) is 22.8 Å². The van der Waals surface area contributed by atoms with Crippen LogP contribution < -0.4 is 15.0 Å². The van der Waals surface area contributed by atoms with Gasteiger partial charge in [0.25, 0.3) is 5.56 Å². The van der Waals surface area contributed by atoms with E-state index >= 15 is 0 Å². The SMILES string of the molecule is Cc1nn2c(=O)cc(-c3ccc4c(c3)OCO4)[nH]c2c1-c1ccccn1. The van der Waals surface area contributed by atoms with Crippen molar-refractivity contribution in [2.45, 2.75) is 6.92 Å². The summed E-state index contributed by atoms with van der Waals surface area (Å²) in [5.74, 6) is 1.37. The maximum Gasteiger partial charge on any atom is 0.274 e. The molecule has 0 atom stereocenters. The lowest BCUT2D eigenvalue weighted by Gasteiger charge is -2.06. The molecule has 0 saturated heterocycles. The number of aromatic amines is 1. The maximum atomic E-state index is 12.6. The topological polar surface area (TPSA) is 81.5 Å². The molecule has 1 aliphatic rings. The Labute approximate surface area is 147 Å². The third kappa shape index (κ3) is 2.17. The van der Waals surface area contributed by atoms with Crippen molar-refractivity contribution in [2.24, 2.45) is 0 Å². The minimum absolute atomic E-state index is 0.208. The van der Waals surface area contributed by atoms with Crippen LogP contribution in [0.3, 0.4) is 0 Å². The van der Waals surface area contributed by atoms with E-state index in [1.807, 2.05) is 43.3 Å². The number of H-pyrrole nitrogens is 1. The predicted octanol–water partition coefficient (Wildman–Crippen LogP) is 2.79. The van der Waals surface area contributed by atoms with Gasteiger partial charge in [0, 0.05) is 17.8 Å². The summed E-state index contributed by atoms with van der Waals surface area (Å²) in [6, 6.07) is 12.8. The molecule has 1 aromatic carbocycles. The van der Waals surface area contributed by atoms with Gasteiger partial charge in [0.2, 0.25) is 6.79 Å². The number of rotatable bonds is 2.